The third-order valence-corrected chi connectivity index (χ3v) is 5.57. The van der Waals surface area contributed by atoms with Gasteiger partial charge in [-0.1, -0.05) is 77.5 Å². The maximum absolute atomic E-state index is 12.8. The Hall–Kier alpha value is -3.02. The first-order valence-electron chi connectivity index (χ1n) is 8.34. The number of hydrogen-bond donors (Lipinski definition) is 0. The Kier molecular flexibility index (Phi) is 3.77. The Bertz CT molecular complexity index is 1420. The van der Waals surface area contributed by atoms with Gasteiger partial charge in [-0.2, -0.15) is 9.50 Å². The molecule has 3 aromatic carbocycles. The highest BCUT2D eigenvalue weighted by Gasteiger charge is 2.12. The van der Waals surface area contributed by atoms with E-state index in [1.807, 2.05) is 42.5 Å². The second kappa shape index (κ2) is 6.30. The lowest BCUT2D eigenvalue weighted by Crippen LogP contribution is -2.23. The molecule has 0 amide bonds. The van der Waals surface area contributed by atoms with Crippen LogP contribution in [0.15, 0.2) is 71.5 Å². The Balaban J connectivity index is 1.67. The summed E-state index contributed by atoms with van der Waals surface area (Å²) < 4.78 is 1.97. The minimum absolute atomic E-state index is 0.163. The van der Waals surface area contributed by atoms with Gasteiger partial charge in [-0.15, -0.1) is 5.10 Å². The van der Waals surface area contributed by atoms with Crippen molar-refractivity contribution in [2.24, 2.45) is 0 Å². The minimum Gasteiger partial charge on any atom is -0.266 e. The van der Waals surface area contributed by atoms with E-state index in [0.29, 0.717) is 20.3 Å². The number of aromatic nitrogens is 3. The van der Waals surface area contributed by atoms with Crippen molar-refractivity contribution in [2.75, 3.05) is 0 Å². The number of thiazole rings is 1. The summed E-state index contributed by atoms with van der Waals surface area (Å²) in [6.45, 7) is 0. The molecule has 5 aromatic rings. The lowest BCUT2D eigenvalue weighted by molar-refractivity contribution is 0.937. The van der Waals surface area contributed by atoms with Gasteiger partial charge in [0, 0.05) is 10.6 Å². The van der Waals surface area contributed by atoms with Crippen molar-refractivity contribution < 1.29 is 0 Å². The number of rotatable bonds is 2. The van der Waals surface area contributed by atoms with Crippen LogP contribution in [0.4, 0.5) is 0 Å². The van der Waals surface area contributed by atoms with E-state index in [2.05, 4.69) is 28.3 Å². The van der Waals surface area contributed by atoms with Crippen LogP contribution in [0.2, 0.25) is 5.02 Å². The van der Waals surface area contributed by atoms with Gasteiger partial charge in [0.15, 0.2) is 5.82 Å². The zero-order valence-electron chi connectivity index (χ0n) is 14.0. The van der Waals surface area contributed by atoms with Crippen molar-refractivity contribution in [3.05, 3.63) is 92.2 Å². The van der Waals surface area contributed by atoms with E-state index in [9.17, 15) is 4.79 Å². The number of benzene rings is 3. The van der Waals surface area contributed by atoms with Gasteiger partial charge in [0.25, 0.3) is 5.56 Å². The van der Waals surface area contributed by atoms with Gasteiger partial charge >= 0.3 is 0 Å². The molecular formula is C21H12ClN3OS. The molecule has 2 heterocycles. The fourth-order valence-corrected chi connectivity index (χ4v) is 4.19. The molecule has 4 nitrogen and oxygen atoms in total. The van der Waals surface area contributed by atoms with Crippen LogP contribution in [0, 0.1) is 0 Å². The van der Waals surface area contributed by atoms with Gasteiger partial charge in [0.05, 0.1) is 4.53 Å². The molecule has 0 aliphatic heterocycles. The van der Waals surface area contributed by atoms with Gasteiger partial charge < -0.3 is 0 Å². The molecule has 0 fully saturated rings. The molecule has 0 saturated heterocycles. The molecule has 130 valence electrons. The fraction of sp³-hybridized carbons (Fsp3) is 0. The summed E-state index contributed by atoms with van der Waals surface area (Å²) in [5, 5.41) is 7.23. The summed E-state index contributed by atoms with van der Waals surface area (Å²) in [6, 6.07) is 21.5. The monoisotopic (exact) mass is 389 g/mol. The van der Waals surface area contributed by atoms with Crippen molar-refractivity contribution in [1.29, 1.82) is 0 Å². The maximum Gasteiger partial charge on any atom is 0.291 e. The fourth-order valence-electron chi connectivity index (χ4n) is 3.10. The van der Waals surface area contributed by atoms with Crippen molar-refractivity contribution in [3.63, 3.8) is 0 Å². The van der Waals surface area contributed by atoms with E-state index >= 15 is 0 Å². The first-order valence-corrected chi connectivity index (χ1v) is 9.53. The van der Waals surface area contributed by atoms with Crippen LogP contribution in [0.5, 0.6) is 0 Å². The lowest BCUT2D eigenvalue weighted by Gasteiger charge is -2.00. The van der Waals surface area contributed by atoms with Crippen LogP contribution >= 0.6 is 22.9 Å². The van der Waals surface area contributed by atoms with E-state index in [0.717, 1.165) is 21.9 Å². The summed E-state index contributed by atoms with van der Waals surface area (Å²) in [7, 11) is 0. The van der Waals surface area contributed by atoms with Crippen LogP contribution in [-0.4, -0.2) is 14.6 Å². The summed E-state index contributed by atoms with van der Waals surface area (Å²) in [5.41, 5.74) is 1.63. The number of halogens is 1. The summed E-state index contributed by atoms with van der Waals surface area (Å²) in [5.74, 6) is 0.498. The summed E-state index contributed by atoms with van der Waals surface area (Å²) in [4.78, 5) is 17.9. The molecule has 6 heteroatoms. The highest BCUT2D eigenvalue weighted by Crippen LogP contribution is 2.21. The van der Waals surface area contributed by atoms with Gasteiger partial charge in [0.2, 0.25) is 4.96 Å². The van der Waals surface area contributed by atoms with Gasteiger partial charge in [-0.25, -0.2) is 0 Å². The Labute approximate surface area is 163 Å². The first-order chi connectivity index (χ1) is 13.2. The number of hydrogen-bond acceptors (Lipinski definition) is 4. The normalized spacial score (nSPS) is 12.3. The summed E-state index contributed by atoms with van der Waals surface area (Å²) >= 11 is 7.37. The quantitative estimate of drug-likeness (QED) is 0.455. The minimum atomic E-state index is -0.163. The predicted octanol–water partition coefficient (Wildman–Crippen LogP) is 4.17. The molecule has 2 aromatic heterocycles. The van der Waals surface area contributed by atoms with E-state index in [1.165, 1.54) is 15.9 Å². The Morgan fingerprint density at radius 2 is 1.81 bits per heavy atom. The molecule has 0 aliphatic carbocycles. The highest BCUT2D eigenvalue weighted by molar-refractivity contribution is 7.15. The number of nitrogens with zero attached hydrogens (tertiary/aromatic N) is 3. The third kappa shape index (κ3) is 2.81. The SMILES string of the molecule is O=c1c(=Cc2cccc3ccccc23)sc2nc(-c3cccc(Cl)c3)nn12. The third-order valence-electron chi connectivity index (χ3n) is 4.37. The average molecular weight is 390 g/mol. The smallest absolute Gasteiger partial charge is 0.266 e. The Morgan fingerprint density at radius 3 is 2.67 bits per heavy atom. The second-order valence-corrected chi connectivity index (χ2v) is 7.57. The molecule has 5 rings (SSSR count). The molecule has 27 heavy (non-hydrogen) atoms. The van der Waals surface area contributed by atoms with Crippen LogP contribution < -0.4 is 10.1 Å². The molecular weight excluding hydrogens is 378 g/mol. The second-order valence-electron chi connectivity index (χ2n) is 6.12. The molecule has 0 bridgehead atoms. The van der Waals surface area contributed by atoms with Gasteiger partial charge in [-0.3, -0.25) is 4.79 Å². The zero-order chi connectivity index (χ0) is 18.4. The molecule has 0 atom stereocenters. The van der Waals surface area contributed by atoms with Crippen molar-refractivity contribution >= 4 is 44.7 Å². The Morgan fingerprint density at radius 1 is 1.00 bits per heavy atom. The molecule has 0 N–H and O–H groups in total. The van der Waals surface area contributed by atoms with Crippen molar-refractivity contribution in [1.82, 2.24) is 14.6 Å². The van der Waals surface area contributed by atoms with Crippen LogP contribution in [0.1, 0.15) is 5.56 Å². The molecule has 0 spiro atoms. The van der Waals surface area contributed by atoms with Crippen LogP contribution in [0.25, 0.3) is 33.2 Å². The molecule has 0 radical (unpaired) electrons. The lowest BCUT2D eigenvalue weighted by atomic mass is 10.0. The van der Waals surface area contributed by atoms with Gasteiger partial charge in [-0.05, 0) is 34.5 Å². The summed E-state index contributed by atoms with van der Waals surface area (Å²) in [6.07, 6.45) is 1.91. The predicted molar refractivity (Wildman–Crippen MR) is 110 cm³/mol. The highest BCUT2D eigenvalue weighted by atomic mass is 35.5. The first kappa shape index (κ1) is 16.2. The van der Waals surface area contributed by atoms with Crippen molar-refractivity contribution in [3.8, 4) is 11.4 Å². The van der Waals surface area contributed by atoms with Gasteiger partial charge in [0.1, 0.15) is 0 Å². The van der Waals surface area contributed by atoms with E-state index in [4.69, 9.17) is 11.6 Å². The molecule has 0 saturated carbocycles. The topological polar surface area (TPSA) is 47.3 Å². The van der Waals surface area contributed by atoms with Crippen LogP contribution in [-0.2, 0) is 0 Å². The van der Waals surface area contributed by atoms with E-state index in [1.54, 1.807) is 12.1 Å². The zero-order valence-corrected chi connectivity index (χ0v) is 15.5. The standard InChI is InChI=1S/C21H12ClN3OS/c22-16-9-4-8-15(11-16)19-23-21-25(24-19)20(26)18(27-21)12-14-7-3-6-13-5-1-2-10-17(13)14/h1-12H. The van der Waals surface area contributed by atoms with Crippen LogP contribution in [0.3, 0.4) is 0 Å². The van der Waals surface area contributed by atoms with E-state index in [-0.39, 0.29) is 5.56 Å². The maximum atomic E-state index is 12.8. The molecule has 0 aliphatic rings. The average Bonchev–Trinajstić information content (AvgIpc) is 3.22. The van der Waals surface area contributed by atoms with E-state index < -0.39 is 0 Å². The largest absolute Gasteiger partial charge is 0.291 e. The van der Waals surface area contributed by atoms with Crippen molar-refractivity contribution in [2.45, 2.75) is 0 Å². The number of fused-ring (bicyclic) bond motifs is 2. The molecule has 0 unspecified atom stereocenters.